The Labute approximate surface area is 108 Å². The lowest BCUT2D eigenvalue weighted by Crippen LogP contribution is -2.34. The van der Waals surface area contributed by atoms with Gasteiger partial charge in [0.1, 0.15) is 0 Å². The zero-order valence-electron chi connectivity index (χ0n) is 10.3. The number of amides is 1. The first kappa shape index (κ1) is 12.5. The van der Waals surface area contributed by atoms with Crippen LogP contribution < -0.4 is 0 Å². The second kappa shape index (κ2) is 5.10. The van der Waals surface area contributed by atoms with Crippen molar-refractivity contribution in [2.45, 2.75) is 17.4 Å². The molecule has 1 aliphatic heterocycles. The number of nitrogens with zero attached hydrogens (tertiary/aromatic N) is 2. The van der Waals surface area contributed by atoms with Gasteiger partial charge in [0, 0.05) is 24.0 Å². The highest BCUT2D eigenvalue weighted by atomic mass is 32.1. The highest BCUT2D eigenvalue weighted by Crippen LogP contribution is 2.20. The minimum absolute atomic E-state index is 0.0972. The quantitative estimate of drug-likeness (QED) is 0.808. The molecule has 0 saturated carbocycles. The maximum atomic E-state index is 12.3. The molecule has 4 heteroatoms. The summed E-state index contributed by atoms with van der Waals surface area (Å²) in [6.07, 6.45) is 1.05. The van der Waals surface area contributed by atoms with Crippen molar-refractivity contribution < 1.29 is 4.79 Å². The molecule has 1 fully saturated rings. The van der Waals surface area contributed by atoms with Gasteiger partial charge in [0.05, 0.1) is 5.56 Å². The van der Waals surface area contributed by atoms with Crippen molar-refractivity contribution in [2.24, 2.45) is 0 Å². The van der Waals surface area contributed by atoms with Gasteiger partial charge in [0.2, 0.25) is 0 Å². The van der Waals surface area contributed by atoms with Gasteiger partial charge in [0.15, 0.2) is 0 Å². The molecule has 3 nitrogen and oxygen atoms in total. The maximum absolute atomic E-state index is 12.3. The van der Waals surface area contributed by atoms with Crippen LogP contribution in [0.1, 0.15) is 16.8 Å². The molecule has 0 radical (unpaired) electrons. The first-order valence-electron chi connectivity index (χ1n) is 5.83. The van der Waals surface area contributed by atoms with Crippen LogP contribution >= 0.6 is 12.6 Å². The van der Waals surface area contributed by atoms with Crippen LogP contribution in [-0.2, 0) is 0 Å². The molecule has 1 saturated heterocycles. The summed E-state index contributed by atoms with van der Waals surface area (Å²) in [5.74, 6) is 0.0972. The molecule has 92 valence electrons. The fourth-order valence-corrected chi connectivity index (χ4v) is 2.43. The van der Waals surface area contributed by atoms with Gasteiger partial charge in [0.25, 0.3) is 5.91 Å². The molecule has 1 atom stereocenters. The molecule has 1 amide bonds. The molecule has 1 aliphatic rings. The minimum atomic E-state index is 0.0972. The Hall–Kier alpha value is -1.00. The van der Waals surface area contributed by atoms with Crippen LogP contribution in [0.5, 0.6) is 0 Å². The van der Waals surface area contributed by atoms with Gasteiger partial charge in [-0.3, -0.25) is 4.79 Å². The molecule has 0 aromatic heterocycles. The monoisotopic (exact) mass is 250 g/mol. The lowest BCUT2D eigenvalue weighted by atomic mass is 10.2. The SMILES string of the molecule is CN(C)C1CCN(C(=O)c2ccccc2S)C1. The first-order chi connectivity index (χ1) is 8.09. The van der Waals surface area contributed by atoms with Crippen molar-refractivity contribution in [3.05, 3.63) is 29.8 Å². The Balaban J connectivity index is 2.10. The zero-order chi connectivity index (χ0) is 12.4. The van der Waals surface area contributed by atoms with E-state index in [2.05, 4.69) is 31.6 Å². The summed E-state index contributed by atoms with van der Waals surface area (Å²) in [5, 5.41) is 0. The van der Waals surface area contributed by atoms with Gasteiger partial charge in [-0.15, -0.1) is 12.6 Å². The summed E-state index contributed by atoms with van der Waals surface area (Å²) in [4.78, 5) is 17.1. The van der Waals surface area contributed by atoms with E-state index in [1.54, 1.807) is 0 Å². The third-order valence-corrected chi connectivity index (χ3v) is 3.71. The first-order valence-corrected chi connectivity index (χ1v) is 6.28. The fraction of sp³-hybridized carbons (Fsp3) is 0.462. The lowest BCUT2D eigenvalue weighted by Gasteiger charge is -2.20. The minimum Gasteiger partial charge on any atom is -0.337 e. The number of carbonyl (C=O) groups excluding carboxylic acids is 1. The number of carbonyl (C=O) groups is 1. The molecule has 1 unspecified atom stereocenters. The molecule has 2 rings (SSSR count). The van der Waals surface area contributed by atoms with Gasteiger partial charge in [-0.05, 0) is 32.6 Å². The van der Waals surface area contributed by atoms with Gasteiger partial charge in [-0.2, -0.15) is 0 Å². The number of thiol groups is 1. The van der Waals surface area contributed by atoms with E-state index in [0.29, 0.717) is 11.6 Å². The Morgan fingerprint density at radius 2 is 2.12 bits per heavy atom. The Morgan fingerprint density at radius 1 is 1.41 bits per heavy atom. The number of likely N-dealkylation sites (tertiary alicyclic amines) is 1. The second-order valence-electron chi connectivity index (χ2n) is 4.67. The summed E-state index contributed by atoms with van der Waals surface area (Å²) < 4.78 is 0. The van der Waals surface area contributed by atoms with E-state index < -0.39 is 0 Å². The molecule has 17 heavy (non-hydrogen) atoms. The summed E-state index contributed by atoms with van der Waals surface area (Å²) in [6, 6.07) is 7.95. The molecule has 0 aliphatic carbocycles. The van der Waals surface area contributed by atoms with Crippen molar-refractivity contribution in [3.63, 3.8) is 0 Å². The third-order valence-electron chi connectivity index (χ3n) is 3.32. The van der Waals surface area contributed by atoms with Crippen molar-refractivity contribution in [3.8, 4) is 0 Å². The highest BCUT2D eigenvalue weighted by Gasteiger charge is 2.28. The van der Waals surface area contributed by atoms with Crippen LogP contribution in [-0.4, -0.2) is 48.9 Å². The van der Waals surface area contributed by atoms with Crippen molar-refractivity contribution in [1.82, 2.24) is 9.80 Å². The fourth-order valence-electron chi connectivity index (χ4n) is 2.17. The van der Waals surface area contributed by atoms with Crippen LogP contribution in [0.2, 0.25) is 0 Å². The zero-order valence-corrected chi connectivity index (χ0v) is 11.2. The summed E-state index contributed by atoms with van der Waals surface area (Å²) in [6.45, 7) is 1.65. The van der Waals surface area contributed by atoms with E-state index in [9.17, 15) is 4.79 Å². The van der Waals surface area contributed by atoms with E-state index in [-0.39, 0.29) is 5.91 Å². The van der Waals surface area contributed by atoms with Crippen molar-refractivity contribution >= 4 is 18.5 Å². The molecule has 0 bridgehead atoms. The normalized spacial score (nSPS) is 20.0. The summed E-state index contributed by atoms with van der Waals surface area (Å²) >= 11 is 4.34. The molecule has 0 N–H and O–H groups in total. The van der Waals surface area contributed by atoms with E-state index in [1.165, 1.54) is 0 Å². The molecule has 0 spiro atoms. The van der Waals surface area contributed by atoms with Crippen LogP contribution in [0.4, 0.5) is 0 Å². The standard InChI is InChI=1S/C13H18N2OS/c1-14(2)10-7-8-15(9-10)13(16)11-5-3-4-6-12(11)17/h3-6,10,17H,7-9H2,1-2H3. The van der Waals surface area contributed by atoms with Crippen molar-refractivity contribution in [1.29, 1.82) is 0 Å². The van der Waals surface area contributed by atoms with E-state index in [0.717, 1.165) is 24.4 Å². The molecule has 1 aromatic carbocycles. The van der Waals surface area contributed by atoms with E-state index in [4.69, 9.17) is 0 Å². The van der Waals surface area contributed by atoms with Gasteiger partial charge < -0.3 is 9.80 Å². The smallest absolute Gasteiger partial charge is 0.255 e. The molecular formula is C13H18N2OS. The highest BCUT2D eigenvalue weighted by molar-refractivity contribution is 7.80. The van der Waals surface area contributed by atoms with E-state index >= 15 is 0 Å². The number of rotatable bonds is 2. The van der Waals surface area contributed by atoms with Crippen LogP contribution in [0.25, 0.3) is 0 Å². The third kappa shape index (κ3) is 2.64. The molecular weight excluding hydrogens is 232 g/mol. The van der Waals surface area contributed by atoms with Gasteiger partial charge in [-0.1, -0.05) is 12.1 Å². The predicted octanol–water partition coefficient (Wildman–Crippen LogP) is 1.75. The predicted molar refractivity (Wildman–Crippen MR) is 71.7 cm³/mol. The van der Waals surface area contributed by atoms with Crippen LogP contribution in [0, 0.1) is 0 Å². The average molecular weight is 250 g/mol. The summed E-state index contributed by atoms with van der Waals surface area (Å²) in [7, 11) is 4.12. The van der Waals surface area contributed by atoms with Crippen LogP contribution in [0.15, 0.2) is 29.2 Å². The number of likely N-dealkylation sites (N-methyl/N-ethyl adjacent to an activating group) is 1. The lowest BCUT2D eigenvalue weighted by molar-refractivity contribution is 0.0779. The largest absolute Gasteiger partial charge is 0.337 e. The maximum Gasteiger partial charge on any atom is 0.255 e. The van der Waals surface area contributed by atoms with Gasteiger partial charge in [-0.25, -0.2) is 0 Å². The van der Waals surface area contributed by atoms with Gasteiger partial charge >= 0.3 is 0 Å². The average Bonchev–Trinajstić information content (AvgIpc) is 2.78. The number of hydrogen-bond acceptors (Lipinski definition) is 3. The van der Waals surface area contributed by atoms with Crippen LogP contribution in [0.3, 0.4) is 0 Å². The Kier molecular flexibility index (Phi) is 3.74. The number of hydrogen-bond donors (Lipinski definition) is 1. The topological polar surface area (TPSA) is 23.6 Å². The molecule has 1 heterocycles. The summed E-state index contributed by atoms with van der Waals surface area (Å²) in [5.41, 5.74) is 0.704. The second-order valence-corrected chi connectivity index (χ2v) is 5.16. The molecule has 1 aromatic rings. The van der Waals surface area contributed by atoms with E-state index in [1.807, 2.05) is 29.2 Å². The Bertz CT molecular complexity index is 420. The number of benzene rings is 1. The Morgan fingerprint density at radius 3 is 2.71 bits per heavy atom. The van der Waals surface area contributed by atoms with Crippen molar-refractivity contribution in [2.75, 3.05) is 27.2 Å².